The molecule has 0 amide bonds. The molecule has 0 spiro atoms. The number of sulfone groups is 1. The summed E-state index contributed by atoms with van der Waals surface area (Å²) in [7, 11) is -4.06. The van der Waals surface area contributed by atoms with Crippen LogP contribution in [0.25, 0.3) is 0 Å². The highest BCUT2D eigenvalue weighted by Gasteiger charge is 2.22. The minimum absolute atomic E-state index is 0.00706. The number of hydrogen-bond donors (Lipinski definition) is 1. The zero-order valence-corrected chi connectivity index (χ0v) is 10.8. The van der Waals surface area contributed by atoms with E-state index in [0.29, 0.717) is 0 Å². The van der Waals surface area contributed by atoms with Crippen LogP contribution in [0.2, 0.25) is 0 Å². The molecule has 0 aliphatic heterocycles. The second-order valence-corrected chi connectivity index (χ2v) is 5.83. The number of rotatable bonds is 4. The summed E-state index contributed by atoms with van der Waals surface area (Å²) in [5.41, 5.74) is -0.307. The van der Waals surface area contributed by atoms with Crippen LogP contribution in [0.15, 0.2) is 41.6 Å². The molecule has 1 aromatic heterocycles. The molecular weight excluding hydrogens is 287 g/mol. The van der Waals surface area contributed by atoms with Crippen molar-refractivity contribution in [1.82, 2.24) is 9.97 Å². The Morgan fingerprint density at radius 3 is 2.50 bits per heavy atom. The second kappa shape index (κ2) is 5.33. The quantitative estimate of drug-likeness (QED) is 0.913. The maximum atomic E-state index is 13.6. The van der Waals surface area contributed by atoms with Crippen LogP contribution in [-0.4, -0.2) is 29.5 Å². The Kier molecular flexibility index (Phi) is 3.75. The number of halogens is 1. The molecule has 0 fully saturated rings. The van der Waals surface area contributed by atoms with Gasteiger partial charge in [0.1, 0.15) is 22.3 Å². The molecule has 0 radical (unpaired) electrons. The molecule has 2 rings (SSSR count). The summed E-state index contributed by atoms with van der Waals surface area (Å²) in [5, 5.41) is 8.81. The fourth-order valence-electron chi connectivity index (χ4n) is 1.53. The molecule has 0 aliphatic carbocycles. The Morgan fingerprint density at radius 2 is 1.90 bits per heavy atom. The van der Waals surface area contributed by atoms with E-state index in [1.807, 2.05) is 0 Å². The van der Waals surface area contributed by atoms with Crippen LogP contribution < -0.4 is 0 Å². The lowest BCUT2D eigenvalue weighted by molar-refractivity contribution is 0.0696. The third kappa shape index (κ3) is 2.97. The van der Waals surface area contributed by atoms with E-state index in [-0.39, 0.29) is 11.4 Å². The maximum absolute atomic E-state index is 13.6. The van der Waals surface area contributed by atoms with Crippen LogP contribution in [-0.2, 0) is 15.6 Å². The molecule has 8 heteroatoms. The first kappa shape index (κ1) is 14.1. The van der Waals surface area contributed by atoms with E-state index in [9.17, 15) is 17.6 Å². The summed E-state index contributed by atoms with van der Waals surface area (Å²) in [6.45, 7) is 0. The van der Waals surface area contributed by atoms with Gasteiger partial charge in [-0.1, -0.05) is 0 Å². The highest BCUT2D eigenvalue weighted by Crippen LogP contribution is 2.20. The predicted molar refractivity (Wildman–Crippen MR) is 66.3 cm³/mol. The Morgan fingerprint density at radius 1 is 1.25 bits per heavy atom. The van der Waals surface area contributed by atoms with E-state index in [4.69, 9.17) is 5.11 Å². The molecule has 0 unspecified atom stereocenters. The fraction of sp³-hybridized carbons (Fsp3) is 0.0833. The zero-order valence-electron chi connectivity index (χ0n) is 10.0. The van der Waals surface area contributed by atoms with Crippen molar-refractivity contribution >= 4 is 15.8 Å². The van der Waals surface area contributed by atoms with E-state index in [1.165, 1.54) is 18.5 Å². The Labute approximate surface area is 113 Å². The number of hydrogen-bond acceptors (Lipinski definition) is 5. The lowest BCUT2D eigenvalue weighted by Gasteiger charge is -2.06. The van der Waals surface area contributed by atoms with Crippen molar-refractivity contribution in [3.8, 4) is 0 Å². The average molecular weight is 296 g/mol. The summed E-state index contributed by atoms with van der Waals surface area (Å²) in [6, 6.07) is 4.11. The normalized spacial score (nSPS) is 11.2. The Bertz CT molecular complexity index is 747. The molecule has 0 saturated carbocycles. The first-order valence-corrected chi connectivity index (χ1v) is 7.07. The molecule has 20 heavy (non-hydrogen) atoms. The van der Waals surface area contributed by atoms with E-state index >= 15 is 0 Å². The van der Waals surface area contributed by atoms with Crippen molar-refractivity contribution in [2.45, 2.75) is 10.6 Å². The molecule has 0 saturated heterocycles. The van der Waals surface area contributed by atoms with E-state index < -0.39 is 32.3 Å². The SMILES string of the molecule is O=C(O)c1ccc(F)c(S(=O)(=O)Cc2ncccn2)c1. The molecule has 6 nitrogen and oxygen atoms in total. The third-order valence-corrected chi connectivity index (χ3v) is 4.07. The van der Waals surface area contributed by atoms with E-state index in [0.717, 1.165) is 18.2 Å². The third-order valence-electron chi connectivity index (χ3n) is 2.45. The second-order valence-electron chi connectivity index (χ2n) is 3.87. The lowest BCUT2D eigenvalue weighted by atomic mass is 10.2. The molecule has 1 heterocycles. The van der Waals surface area contributed by atoms with Crippen molar-refractivity contribution in [3.63, 3.8) is 0 Å². The van der Waals surface area contributed by atoms with Crippen LogP contribution in [0.4, 0.5) is 4.39 Å². The number of carboxylic acids is 1. The number of carbonyl (C=O) groups is 1. The monoisotopic (exact) mass is 296 g/mol. The van der Waals surface area contributed by atoms with Gasteiger partial charge in [-0.3, -0.25) is 0 Å². The molecule has 0 atom stereocenters. The number of carboxylic acid groups (broad SMARTS) is 1. The minimum atomic E-state index is -4.06. The van der Waals surface area contributed by atoms with Gasteiger partial charge in [0.15, 0.2) is 9.84 Å². The average Bonchev–Trinajstić information content (AvgIpc) is 2.39. The van der Waals surface area contributed by atoms with E-state index in [2.05, 4.69) is 9.97 Å². The first-order chi connectivity index (χ1) is 9.40. The van der Waals surface area contributed by atoms with Gasteiger partial charge in [-0.15, -0.1) is 0 Å². The van der Waals surface area contributed by atoms with Crippen molar-refractivity contribution in [2.75, 3.05) is 0 Å². The van der Waals surface area contributed by atoms with Crippen molar-refractivity contribution in [1.29, 1.82) is 0 Å². The highest BCUT2D eigenvalue weighted by molar-refractivity contribution is 7.90. The fourth-order valence-corrected chi connectivity index (χ4v) is 2.84. The molecular formula is C12H9FN2O4S. The number of aromatic nitrogens is 2. The molecule has 104 valence electrons. The summed E-state index contributed by atoms with van der Waals surface area (Å²) in [5.74, 6) is -2.94. The van der Waals surface area contributed by atoms with Gasteiger partial charge in [-0.25, -0.2) is 27.6 Å². The van der Waals surface area contributed by atoms with Gasteiger partial charge in [-0.2, -0.15) is 0 Å². The molecule has 1 aromatic carbocycles. The lowest BCUT2D eigenvalue weighted by Crippen LogP contribution is -2.11. The van der Waals surface area contributed by atoms with Crippen molar-refractivity contribution in [3.05, 3.63) is 53.9 Å². The standard InChI is InChI=1S/C12H9FN2O4S/c13-9-3-2-8(12(16)17)6-10(9)20(18,19)7-11-14-4-1-5-15-11/h1-6H,7H2,(H,16,17). The van der Waals surface area contributed by atoms with Gasteiger partial charge in [0, 0.05) is 12.4 Å². The molecule has 0 aliphatic rings. The van der Waals surface area contributed by atoms with Gasteiger partial charge in [0.25, 0.3) is 0 Å². The van der Waals surface area contributed by atoms with Gasteiger partial charge in [-0.05, 0) is 24.3 Å². The van der Waals surface area contributed by atoms with Gasteiger partial charge >= 0.3 is 5.97 Å². The Hall–Kier alpha value is -2.35. The first-order valence-electron chi connectivity index (χ1n) is 5.41. The Balaban J connectivity index is 2.44. The van der Waals surface area contributed by atoms with Gasteiger partial charge in [0.2, 0.25) is 0 Å². The minimum Gasteiger partial charge on any atom is -0.478 e. The predicted octanol–water partition coefficient (Wildman–Crippen LogP) is 1.29. The van der Waals surface area contributed by atoms with Crippen LogP contribution >= 0.6 is 0 Å². The smallest absolute Gasteiger partial charge is 0.335 e. The van der Waals surface area contributed by atoms with Crippen LogP contribution in [0.1, 0.15) is 16.2 Å². The zero-order chi connectivity index (χ0) is 14.8. The van der Waals surface area contributed by atoms with Gasteiger partial charge in [0.05, 0.1) is 5.56 Å². The number of nitrogens with zero attached hydrogens (tertiary/aromatic N) is 2. The number of benzene rings is 1. The molecule has 0 bridgehead atoms. The van der Waals surface area contributed by atoms with E-state index in [1.54, 1.807) is 0 Å². The maximum Gasteiger partial charge on any atom is 0.335 e. The summed E-state index contributed by atoms with van der Waals surface area (Å²) >= 11 is 0. The summed E-state index contributed by atoms with van der Waals surface area (Å²) < 4.78 is 37.8. The number of aromatic carboxylic acids is 1. The topological polar surface area (TPSA) is 97.2 Å². The van der Waals surface area contributed by atoms with Crippen LogP contribution in [0.3, 0.4) is 0 Å². The van der Waals surface area contributed by atoms with Gasteiger partial charge < -0.3 is 5.11 Å². The van der Waals surface area contributed by atoms with Crippen LogP contribution in [0, 0.1) is 5.82 Å². The van der Waals surface area contributed by atoms with Crippen molar-refractivity contribution in [2.24, 2.45) is 0 Å². The van der Waals surface area contributed by atoms with Crippen molar-refractivity contribution < 1.29 is 22.7 Å². The largest absolute Gasteiger partial charge is 0.478 e. The summed E-state index contributed by atoms with van der Waals surface area (Å²) in [6.07, 6.45) is 2.73. The molecule has 1 N–H and O–H groups in total. The summed E-state index contributed by atoms with van der Waals surface area (Å²) in [4.78, 5) is 17.6. The molecule has 2 aromatic rings. The highest BCUT2D eigenvalue weighted by atomic mass is 32.2. The van der Waals surface area contributed by atoms with Crippen LogP contribution in [0.5, 0.6) is 0 Å².